The minimum absolute atomic E-state index is 0.205. The molecule has 1 aliphatic rings. The molecule has 0 bridgehead atoms. The molecule has 0 heterocycles. The van der Waals surface area contributed by atoms with Gasteiger partial charge in [-0.05, 0) is 39.0 Å². The molecule has 0 unspecified atom stereocenters. The van der Waals surface area contributed by atoms with Crippen molar-refractivity contribution >= 4 is 18.0 Å². The van der Waals surface area contributed by atoms with Crippen molar-refractivity contribution in [2.75, 3.05) is 0 Å². The van der Waals surface area contributed by atoms with Crippen LogP contribution in [0.4, 0.5) is 4.79 Å². The van der Waals surface area contributed by atoms with Gasteiger partial charge in [-0.25, -0.2) is 9.59 Å². The van der Waals surface area contributed by atoms with Crippen LogP contribution in [0.25, 0.3) is 0 Å². The van der Waals surface area contributed by atoms with Gasteiger partial charge >= 0.3 is 12.1 Å². The Hall–Kier alpha value is -1.79. The summed E-state index contributed by atoms with van der Waals surface area (Å²) in [6, 6.07) is -1.77. The number of carbonyl (C=O) groups is 3. The fourth-order valence-electron chi connectivity index (χ4n) is 3.37. The largest absolute Gasteiger partial charge is 0.480 e. The second kappa shape index (κ2) is 10.5. The third-order valence-corrected chi connectivity index (χ3v) is 5.08. The molecule has 27 heavy (non-hydrogen) atoms. The standard InChI is InChI=1S/C20H36N2O5/c1-6-13(2)16(18(24)25)22-17(23)15(12-14-10-8-7-9-11-14)21-19(26)27-20(3,4)5/h13-16H,6-12H2,1-5H3,(H,21,26)(H,22,23)(H,24,25)/t13-,15-,16-/m0/s1. The van der Waals surface area contributed by atoms with Crippen LogP contribution in [-0.2, 0) is 14.3 Å². The van der Waals surface area contributed by atoms with Crippen LogP contribution in [0.1, 0.15) is 79.6 Å². The molecule has 3 atom stereocenters. The summed E-state index contributed by atoms with van der Waals surface area (Å²) in [5.74, 6) is -1.38. The highest BCUT2D eigenvalue weighted by Gasteiger charge is 2.32. The zero-order valence-electron chi connectivity index (χ0n) is 17.3. The number of hydrogen-bond donors (Lipinski definition) is 3. The molecule has 0 aliphatic heterocycles. The summed E-state index contributed by atoms with van der Waals surface area (Å²) >= 11 is 0. The van der Waals surface area contributed by atoms with E-state index in [0.717, 1.165) is 25.7 Å². The molecule has 1 aliphatic carbocycles. The first kappa shape index (κ1) is 23.2. The molecular formula is C20H36N2O5. The van der Waals surface area contributed by atoms with Crippen LogP contribution in [-0.4, -0.2) is 40.8 Å². The van der Waals surface area contributed by atoms with E-state index in [1.54, 1.807) is 27.7 Å². The fourth-order valence-corrected chi connectivity index (χ4v) is 3.37. The van der Waals surface area contributed by atoms with Gasteiger partial charge in [-0.3, -0.25) is 4.79 Å². The highest BCUT2D eigenvalue weighted by molar-refractivity contribution is 5.89. The molecule has 0 spiro atoms. The number of carboxylic acids is 1. The Kier molecular flexibility index (Phi) is 9.06. The molecular weight excluding hydrogens is 348 g/mol. The normalized spacial score (nSPS) is 18.9. The van der Waals surface area contributed by atoms with Gasteiger partial charge in [-0.15, -0.1) is 0 Å². The lowest BCUT2D eigenvalue weighted by Gasteiger charge is -2.29. The summed E-state index contributed by atoms with van der Waals surface area (Å²) in [6.07, 6.45) is 5.95. The first-order valence-electron chi connectivity index (χ1n) is 10.1. The second-order valence-corrected chi connectivity index (χ2v) is 8.65. The van der Waals surface area contributed by atoms with Crippen LogP contribution >= 0.6 is 0 Å². The lowest BCUT2D eigenvalue weighted by molar-refractivity contribution is -0.143. The molecule has 1 fully saturated rings. The summed E-state index contributed by atoms with van der Waals surface area (Å²) < 4.78 is 5.28. The highest BCUT2D eigenvalue weighted by atomic mass is 16.6. The Labute approximate surface area is 162 Å². The SMILES string of the molecule is CC[C@H](C)[C@H](NC(=O)[C@H](CC1CCCCC1)NC(=O)OC(C)(C)C)C(=O)O. The molecule has 1 saturated carbocycles. The molecule has 0 saturated heterocycles. The molecule has 156 valence electrons. The molecule has 1 rings (SSSR count). The maximum atomic E-state index is 12.8. The lowest BCUT2D eigenvalue weighted by atomic mass is 9.84. The molecule has 7 nitrogen and oxygen atoms in total. The minimum atomic E-state index is -1.06. The van der Waals surface area contributed by atoms with Crippen molar-refractivity contribution in [3.05, 3.63) is 0 Å². The molecule has 3 N–H and O–H groups in total. The summed E-state index contributed by atoms with van der Waals surface area (Å²) in [6.45, 7) is 8.94. The Morgan fingerprint density at radius 1 is 1.11 bits per heavy atom. The first-order chi connectivity index (χ1) is 12.5. The summed E-state index contributed by atoms with van der Waals surface area (Å²) in [7, 11) is 0. The van der Waals surface area contributed by atoms with Gasteiger partial charge < -0.3 is 20.5 Å². The first-order valence-corrected chi connectivity index (χ1v) is 10.1. The molecule has 0 radical (unpaired) electrons. The van der Waals surface area contributed by atoms with Crippen LogP contribution < -0.4 is 10.6 Å². The molecule has 7 heteroatoms. The molecule has 2 amide bonds. The number of amides is 2. The zero-order valence-corrected chi connectivity index (χ0v) is 17.3. The quantitative estimate of drug-likeness (QED) is 0.594. The van der Waals surface area contributed by atoms with Crippen LogP contribution in [0.5, 0.6) is 0 Å². The van der Waals surface area contributed by atoms with Gasteiger partial charge in [0.1, 0.15) is 17.7 Å². The third kappa shape index (κ3) is 8.63. The van der Waals surface area contributed by atoms with E-state index in [4.69, 9.17) is 4.74 Å². The number of ether oxygens (including phenoxy) is 1. The average Bonchev–Trinajstić information content (AvgIpc) is 2.57. The van der Waals surface area contributed by atoms with Gasteiger partial charge in [-0.1, -0.05) is 52.4 Å². The number of rotatable bonds is 8. The number of alkyl carbamates (subject to hydrolysis) is 1. The third-order valence-electron chi connectivity index (χ3n) is 5.08. The zero-order chi connectivity index (χ0) is 20.6. The van der Waals surface area contributed by atoms with Gasteiger partial charge in [0.2, 0.25) is 5.91 Å². The Morgan fingerprint density at radius 2 is 1.70 bits per heavy atom. The van der Waals surface area contributed by atoms with Crippen LogP contribution in [0.2, 0.25) is 0 Å². The van der Waals surface area contributed by atoms with Gasteiger partial charge in [0.15, 0.2) is 0 Å². The van der Waals surface area contributed by atoms with Crippen molar-refractivity contribution in [2.24, 2.45) is 11.8 Å². The lowest BCUT2D eigenvalue weighted by Crippen LogP contribution is -2.54. The number of carbonyl (C=O) groups excluding carboxylic acids is 2. The van der Waals surface area contributed by atoms with Crippen molar-refractivity contribution in [3.8, 4) is 0 Å². The number of hydrogen-bond acceptors (Lipinski definition) is 4. The van der Waals surface area contributed by atoms with E-state index >= 15 is 0 Å². The number of aliphatic carboxylic acids is 1. The topological polar surface area (TPSA) is 105 Å². The van der Waals surface area contributed by atoms with Crippen LogP contribution in [0.15, 0.2) is 0 Å². The number of nitrogens with one attached hydrogen (secondary N) is 2. The summed E-state index contributed by atoms with van der Waals surface area (Å²) in [5, 5.41) is 14.7. The smallest absolute Gasteiger partial charge is 0.408 e. The maximum Gasteiger partial charge on any atom is 0.408 e. The van der Waals surface area contributed by atoms with E-state index in [-0.39, 0.29) is 5.92 Å². The fraction of sp³-hybridized carbons (Fsp3) is 0.850. The van der Waals surface area contributed by atoms with Gasteiger partial charge in [0.25, 0.3) is 0 Å². The van der Waals surface area contributed by atoms with Gasteiger partial charge in [-0.2, -0.15) is 0 Å². The van der Waals surface area contributed by atoms with Crippen LogP contribution in [0.3, 0.4) is 0 Å². The van der Waals surface area contributed by atoms with E-state index in [2.05, 4.69) is 10.6 Å². The highest BCUT2D eigenvalue weighted by Crippen LogP contribution is 2.27. The summed E-state index contributed by atoms with van der Waals surface area (Å²) in [5.41, 5.74) is -0.670. The number of carboxylic acid groups (broad SMARTS) is 1. The van der Waals surface area contributed by atoms with Crippen LogP contribution in [0, 0.1) is 11.8 Å². The van der Waals surface area contributed by atoms with E-state index in [9.17, 15) is 19.5 Å². The van der Waals surface area contributed by atoms with E-state index in [0.29, 0.717) is 18.8 Å². The molecule has 0 aromatic rings. The summed E-state index contributed by atoms with van der Waals surface area (Å²) in [4.78, 5) is 36.5. The second-order valence-electron chi connectivity index (χ2n) is 8.65. The minimum Gasteiger partial charge on any atom is -0.480 e. The van der Waals surface area contributed by atoms with Crippen molar-refractivity contribution in [3.63, 3.8) is 0 Å². The monoisotopic (exact) mass is 384 g/mol. The maximum absolute atomic E-state index is 12.8. The predicted octanol–water partition coefficient (Wildman–Crippen LogP) is 3.47. The average molecular weight is 385 g/mol. The van der Waals surface area contributed by atoms with E-state index < -0.39 is 35.7 Å². The van der Waals surface area contributed by atoms with E-state index in [1.165, 1.54) is 6.42 Å². The van der Waals surface area contributed by atoms with E-state index in [1.807, 2.05) is 6.92 Å². The van der Waals surface area contributed by atoms with Crippen molar-refractivity contribution in [2.45, 2.75) is 97.2 Å². The molecule has 0 aromatic heterocycles. The predicted molar refractivity (Wildman–Crippen MR) is 103 cm³/mol. The Bertz CT molecular complexity index is 509. The Morgan fingerprint density at radius 3 is 2.19 bits per heavy atom. The van der Waals surface area contributed by atoms with Gasteiger partial charge in [0, 0.05) is 0 Å². The van der Waals surface area contributed by atoms with Crippen molar-refractivity contribution in [1.82, 2.24) is 10.6 Å². The van der Waals surface area contributed by atoms with Gasteiger partial charge in [0.05, 0.1) is 0 Å². The van der Waals surface area contributed by atoms with Crippen molar-refractivity contribution in [1.29, 1.82) is 0 Å². The van der Waals surface area contributed by atoms with Crippen molar-refractivity contribution < 1.29 is 24.2 Å². The molecule has 0 aromatic carbocycles. The Balaban J connectivity index is 2.85.